The molecule has 0 spiro atoms. The summed E-state index contributed by atoms with van der Waals surface area (Å²) in [6.07, 6.45) is 1.14. The van der Waals surface area contributed by atoms with Gasteiger partial charge in [-0.05, 0) is 19.1 Å². The van der Waals surface area contributed by atoms with Crippen molar-refractivity contribution in [1.29, 1.82) is 0 Å². The van der Waals surface area contributed by atoms with Crippen molar-refractivity contribution >= 4 is 23.6 Å². The number of benzene rings is 1. The van der Waals surface area contributed by atoms with Crippen molar-refractivity contribution in [2.75, 3.05) is 5.32 Å². The smallest absolute Gasteiger partial charge is 0.342 e. The summed E-state index contributed by atoms with van der Waals surface area (Å²) < 4.78 is 0. The number of phenolic OH excluding ortho intramolecular Hbond substituents is 1. The predicted octanol–water partition coefficient (Wildman–Crippen LogP) is -0.977. The van der Waals surface area contributed by atoms with Crippen LogP contribution in [0.5, 0.6) is 5.75 Å². The predicted molar refractivity (Wildman–Crippen MR) is 89.1 cm³/mol. The van der Waals surface area contributed by atoms with Crippen LogP contribution in [0, 0.1) is 10.1 Å². The minimum absolute atomic E-state index is 0.259. The lowest BCUT2D eigenvalue weighted by Gasteiger charge is -2.11. The molecule has 1 aromatic heterocycles. The number of anilines is 1. The second kappa shape index (κ2) is 7.69. The molecule has 0 unspecified atom stereocenters. The van der Waals surface area contributed by atoms with Gasteiger partial charge in [0.1, 0.15) is 6.04 Å². The molecule has 2 rings (SSSR count). The second-order valence-corrected chi connectivity index (χ2v) is 4.96. The van der Waals surface area contributed by atoms with Gasteiger partial charge in [-0.15, -0.1) is 5.10 Å². The van der Waals surface area contributed by atoms with Gasteiger partial charge >= 0.3 is 11.4 Å². The first-order valence-electron chi connectivity index (χ1n) is 7.04. The number of amides is 1. The summed E-state index contributed by atoms with van der Waals surface area (Å²) in [7, 11) is 0. The molecular formula is C13H13N7O6. The van der Waals surface area contributed by atoms with Crippen LogP contribution in [0.15, 0.2) is 32.9 Å². The van der Waals surface area contributed by atoms with E-state index in [0.717, 1.165) is 18.3 Å². The summed E-state index contributed by atoms with van der Waals surface area (Å²) in [6, 6.07) is 2.64. The average molecular weight is 363 g/mol. The molecule has 2 aromatic rings. The van der Waals surface area contributed by atoms with Gasteiger partial charge in [0.25, 0.3) is 11.5 Å². The quantitative estimate of drug-likeness (QED) is 0.245. The molecule has 136 valence electrons. The summed E-state index contributed by atoms with van der Waals surface area (Å²) in [4.78, 5) is 46.2. The van der Waals surface area contributed by atoms with Crippen molar-refractivity contribution in [3.05, 3.63) is 54.7 Å². The van der Waals surface area contributed by atoms with E-state index < -0.39 is 39.6 Å². The van der Waals surface area contributed by atoms with Crippen LogP contribution in [0.2, 0.25) is 0 Å². The van der Waals surface area contributed by atoms with Gasteiger partial charge in [-0.1, -0.05) is 0 Å². The standard InChI is InChI=1S/C13H13N7O6/c1-6(15-10-12(23)16-13(24)19-17-10)11(22)18-14-5-7-2-3-9(21)8(4-7)20(25)26/h2-6,21H,1H3,(H,15,17)(H,18,22)(H2,16,19,23,24)/b14-5+/t6-/m1/s1. The van der Waals surface area contributed by atoms with Crippen LogP contribution in [0.3, 0.4) is 0 Å². The Kier molecular flexibility index (Phi) is 5.42. The number of rotatable bonds is 6. The van der Waals surface area contributed by atoms with Gasteiger partial charge in [-0.3, -0.25) is 24.7 Å². The van der Waals surface area contributed by atoms with Crippen molar-refractivity contribution in [1.82, 2.24) is 20.6 Å². The van der Waals surface area contributed by atoms with E-state index in [-0.39, 0.29) is 11.4 Å². The third-order valence-electron chi connectivity index (χ3n) is 3.04. The van der Waals surface area contributed by atoms with Crippen LogP contribution in [0.4, 0.5) is 11.5 Å². The van der Waals surface area contributed by atoms with E-state index in [2.05, 4.69) is 20.9 Å². The molecular weight excluding hydrogens is 350 g/mol. The van der Waals surface area contributed by atoms with Crippen LogP contribution < -0.4 is 22.0 Å². The molecule has 0 aliphatic heterocycles. The van der Waals surface area contributed by atoms with Gasteiger partial charge in [-0.25, -0.2) is 15.3 Å². The number of H-pyrrole nitrogens is 2. The lowest BCUT2D eigenvalue weighted by Crippen LogP contribution is -2.38. The van der Waals surface area contributed by atoms with Crippen molar-refractivity contribution in [3.8, 4) is 5.75 Å². The number of nitro benzene ring substituents is 1. The Morgan fingerprint density at radius 3 is 2.85 bits per heavy atom. The molecule has 0 aliphatic carbocycles. The highest BCUT2D eigenvalue weighted by Crippen LogP contribution is 2.25. The van der Waals surface area contributed by atoms with Gasteiger partial charge in [0, 0.05) is 11.6 Å². The van der Waals surface area contributed by atoms with Crippen molar-refractivity contribution in [2.45, 2.75) is 13.0 Å². The SMILES string of the molecule is C[C@@H](Nc1n[nH]c(=O)[nH]c1=O)C(=O)N/N=C/c1ccc(O)c([N+](=O)[O-])c1. The van der Waals surface area contributed by atoms with Crippen LogP contribution in [-0.2, 0) is 4.79 Å². The number of hydrazone groups is 1. The minimum atomic E-state index is -0.930. The number of aromatic nitrogens is 3. The molecule has 13 heteroatoms. The summed E-state index contributed by atoms with van der Waals surface area (Å²) in [5, 5.41) is 31.7. The Balaban J connectivity index is 2.00. The van der Waals surface area contributed by atoms with Gasteiger partial charge in [0.2, 0.25) is 5.82 Å². The van der Waals surface area contributed by atoms with E-state index >= 15 is 0 Å². The molecule has 13 nitrogen and oxygen atoms in total. The Morgan fingerprint density at radius 2 is 2.19 bits per heavy atom. The summed E-state index contributed by atoms with van der Waals surface area (Å²) in [5.74, 6) is -1.39. The number of phenols is 1. The molecule has 0 radical (unpaired) electrons. The molecule has 0 saturated carbocycles. The Labute approximate surface area is 143 Å². The highest BCUT2D eigenvalue weighted by molar-refractivity contribution is 5.86. The Hall–Kier alpha value is -4.03. The molecule has 5 N–H and O–H groups in total. The first-order valence-corrected chi connectivity index (χ1v) is 7.04. The van der Waals surface area contributed by atoms with Gasteiger partial charge in [-0.2, -0.15) is 5.10 Å². The summed E-state index contributed by atoms with van der Waals surface area (Å²) in [6.45, 7) is 1.42. The topological polar surface area (TPSA) is 195 Å². The molecule has 0 aliphatic rings. The third kappa shape index (κ3) is 4.50. The number of aromatic amines is 2. The van der Waals surface area contributed by atoms with Crippen molar-refractivity contribution in [3.63, 3.8) is 0 Å². The number of nitrogens with one attached hydrogen (secondary N) is 4. The number of hydrogen-bond acceptors (Lipinski definition) is 9. The van der Waals surface area contributed by atoms with Crippen LogP contribution in [0.25, 0.3) is 0 Å². The molecule has 0 saturated heterocycles. The third-order valence-corrected chi connectivity index (χ3v) is 3.04. The van der Waals surface area contributed by atoms with Crippen molar-refractivity contribution in [2.24, 2.45) is 5.10 Å². The Morgan fingerprint density at radius 1 is 1.46 bits per heavy atom. The van der Waals surface area contributed by atoms with Gasteiger partial charge in [0.05, 0.1) is 11.1 Å². The van der Waals surface area contributed by atoms with E-state index in [1.807, 2.05) is 10.1 Å². The highest BCUT2D eigenvalue weighted by atomic mass is 16.6. The zero-order chi connectivity index (χ0) is 19.3. The maximum Gasteiger partial charge on any atom is 0.342 e. The fraction of sp³-hybridized carbons (Fsp3) is 0.154. The first kappa shape index (κ1) is 18.3. The maximum atomic E-state index is 11.9. The molecule has 0 bridgehead atoms. The first-order chi connectivity index (χ1) is 12.3. The normalized spacial score (nSPS) is 11.9. The average Bonchev–Trinajstić information content (AvgIpc) is 2.58. The van der Waals surface area contributed by atoms with Crippen LogP contribution >= 0.6 is 0 Å². The molecule has 0 fully saturated rings. The largest absolute Gasteiger partial charge is 0.502 e. The Bertz CT molecular complexity index is 979. The minimum Gasteiger partial charge on any atom is -0.502 e. The number of nitrogens with zero attached hydrogens (tertiary/aromatic N) is 3. The molecule has 1 atom stereocenters. The maximum absolute atomic E-state index is 11.9. The zero-order valence-electron chi connectivity index (χ0n) is 13.2. The fourth-order valence-corrected chi connectivity index (χ4v) is 1.75. The van der Waals surface area contributed by atoms with Crippen LogP contribution in [0.1, 0.15) is 12.5 Å². The number of aromatic hydroxyl groups is 1. The fourth-order valence-electron chi connectivity index (χ4n) is 1.75. The van der Waals surface area contributed by atoms with E-state index in [0.29, 0.717) is 0 Å². The number of carbonyl (C=O) groups is 1. The summed E-state index contributed by atoms with van der Waals surface area (Å²) >= 11 is 0. The van der Waals surface area contributed by atoms with E-state index in [1.54, 1.807) is 0 Å². The summed E-state index contributed by atoms with van der Waals surface area (Å²) in [5.41, 5.74) is 0.355. The van der Waals surface area contributed by atoms with Crippen LogP contribution in [-0.4, -0.2) is 43.4 Å². The molecule has 1 heterocycles. The van der Waals surface area contributed by atoms with E-state index in [4.69, 9.17) is 0 Å². The number of nitro groups is 1. The van der Waals surface area contributed by atoms with Crippen molar-refractivity contribution < 1.29 is 14.8 Å². The number of hydrogen-bond donors (Lipinski definition) is 5. The van der Waals surface area contributed by atoms with E-state index in [1.165, 1.54) is 13.0 Å². The van der Waals surface area contributed by atoms with Gasteiger partial charge < -0.3 is 10.4 Å². The monoisotopic (exact) mass is 363 g/mol. The second-order valence-electron chi connectivity index (χ2n) is 4.96. The molecule has 1 amide bonds. The molecule has 1 aromatic carbocycles. The highest BCUT2D eigenvalue weighted by Gasteiger charge is 2.15. The van der Waals surface area contributed by atoms with Gasteiger partial charge in [0.15, 0.2) is 5.75 Å². The molecule has 26 heavy (non-hydrogen) atoms. The number of carbonyl (C=O) groups excluding carboxylic acids is 1. The van der Waals surface area contributed by atoms with E-state index in [9.17, 15) is 29.6 Å². The lowest BCUT2D eigenvalue weighted by molar-refractivity contribution is -0.385. The zero-order valence-corrected chi connectivity index (χ0v) is 13.2. The lowest BCUT2D eigenvalue weighted by atomic mass is 10.2.